The van der Waals surface area contributed by atoms with Gasteiger partial charge in [0.15, 0.2) is 12.4 Å². The Kier molecular flexibility index (Phi) is 6.14. The molecule has 0 bridgehead atoms. The van der Waals surface area contributed by atoms with Crippen molar-refractivity contribution in [2.45, 2.75) is 0 Å². The number of morpholine rings is 1. The Hall–Kier alpha value is -3.52. The predicted octanol–water partition coefficient (Wildman–Crippen LogP) is 3.14. The third-order valence-corrected chi connectivity index (χ3v) is 4.62. The summed E-state index contributed by atoms with van der Waals surface area (Å²) in [5, 5.41) is 11.4. The summed E-state index contributed by atoms with van der Waals surface area (Å²) in [6.45, 7) is 2.81. The van der Waals surface area contributed by atoms with E-state index in [1.54, 1.807) is 18.2 Å². The molecule has 1 saturated heterocycles. The molecule has 7 nitrogen and oxygen atoms in total. The maximum atomic E-state index is 13.1. The summed E-state index contributed by atoms with van der Waals surface area (Å²) in [5.74, 6) is 0.398. The molecule has 2 aromatic carbocycles. The largest absolute Gasteiger partial charge is 0.484 e. The Morgan fingerprint density at radius 3 is 2.57 bits per heavy atom. The van der Waals surface area contributed by atoms with Crippen LogP contribution in [0.2, 0.25) is 0 Å². The number of anilines is 2. The minimum Gasteiger partial charge on any atom is -0.484 e. The van der Waals surface area contributed by atoms with Gasteiger partial charge in [-0.15, -0.1) is 10.2 Å². The number of halogens is 1. The highest BCUT2D eigenvalue weighted by molar-refractivity contribution is 5.92. The normalized spacial score (nSPS) is 13.7. The molecule has 1 amide bonds. The quantitative estimate of drug-likeness (QED) is 0.675. The summed E-state index contributed by atoms with van der Waals surface area (Å²) in [4.78, 5) is 14.2. The molecule has 1 fully saturated rings. The number of carbonyl (C=O) groups excluding carboxylic acids is 1. The molecule has 1 aliphatic rings. The van der Waals surface area contributed by atoms with E-state index in [4.69, 9.17) is 9.47 Å². The number of hydrogen-bond acceptors (Lipinski definition) is 6. The highest BCUT2D eigenvalue weighted by atomic mass is 19.1. The van der Waals surface area contributed by atoms with Crippen molar-refractivity contribution in [3.63, 3.8) is 0 Å². The van der Waals surface area contributed by atoms with Crippen LogP contribution in [-0.4, -0.2) is 49.0 Å². The molecular formula is C22H21FN4O3. The van der Waals surface area contributed by atoms with Crippen LogP contribution in [0.1, 0.15) is 0 Å². The number of ether oxygens (including phenoxy) is 2. The Balaban J connectivity index is 1.32. The lowest BCUT2D eigenvalue weighted by molar-refractivity contribution is -0.118. The SMILES string of the molecule is O=C(COc1cccc(F)c1)Nc1ccc(-c2ccc(N3CCOCC3)nn2)cc1. The molecule has 0 atom stereocenters. The first-order valence-corrected chi connectivity index (χ1v) is 9.62. The fourth-order valence-electron chi connectivity index (χ4n) is 3.07. The van der Waals surface area contributed by atoms with Crippen LogP contribution in [0.5, 0.6) is 5.75 Å². The van der Waals surface area contributed by atoms with Crippen LogP contribution in [0, 0.1) is 5.82 Å². The number of hydrogen-bond donors (Lipinski definition) is 1. The predicted molar refractivity (Wildman–Crippen MR) is 111 cm³/mol. The molecule has 0 saturated carbocycles. The molecule has 8 heteroatoms. The van der Waals surface area contributed by atoms with Gasteiger partial charge in [-0.1, -0.05) is 18.2 Å². The van der Waals surface area contributed by atoms with Gasteiger partial charge >= 0.3 is 0 Å². The van der Waals surface area contributed by atoms with Crippen LogP contribution in [0.15, 0.2) is 60.7 Å². The zero-order valence-corrected chi connectivity index (χ0v) is 16.3. The van der Waals surface area contributed by atoms with Crippen molar-refractivity contribution in [2.24, 2.45) is 0 Å². The van der Waals surface area contributed by atoms with E-state index < -0.39 is 5.82 Å². The number of amides is 1. The highest BCUT2D eigenvalue weighted by Crippen LogP contribution is 2.21. The van der Waals surface area contributed by atoms with E-state index in [9.17, 15) is 9.18 Å². The summed E-state index contributed by atoms with van der Waals surface area (Å²) >= 11 is 0. The zero-order valence-electron chi connectivity index (χ0n) is 16.3. The maximum absolute atomic E-state index is 13.1. The van der Waals surface area contributed by atoms with Gasteiger partial charge in [0.05, 0.1) is 18.9 Å². The summed E-state index contributed by atoms with van der Waals surface area (Å²) < 4.78 is 23.8. The summed E-state index contributed by atoms with van der Waals surface area (Å²) in [5.41, 5.74) is 2.27. The minimum atomic E-state index is -0.412. The van der Waals surface area contributed by atoms with Crippen LogP contribution in [0.25, 0.3) is 11.3 Å². The second-order valence-electron chi connectivity index (χ2n) is 6.75. The van der Waals surface area contributed by atoms with Crippen molar-refractivity contribution >= 4 is 17.4 Å². The van der Waals surface area contributed by atoms with E-state index in [1.165, 1.54) is 18.2 Å². The number of rotatable bonds is 6. The van der Waals surface area contributed by atoms with Gasteiger partial charge in [0.25, 0.3) is 5.91 Å². The monoisotopic (exact) mass is 408 g/mol. The molecule has 3 aromatic rings. The smallest absolute Gasteiger partial charge is 0.262 e. The Morgan fingerprint density at radius 1 is 1.07 bits per heavy atom. The van der Waals surface area contributed by atoms with E-state index >= 15 is 0 Å². The molecule has 1 N–H and O–H groups in total. The second kappa shape index (κ2) is 9.32. The van der Waals surface area contributed by atoms with Gasteiger partial charge in [0, 0.05) is 30.4 Å². The van der Waals surface area contributed by atoms with Gasteiger partial charge in [-0.2, -0.15) is 0 Å². The van der Waals surface area contributed by atoms with Gasteiger partial charge in [-0.3, -0.25) is 4.79 Å². The Bertz CT molecular complexity index is 990. The molecule has 154 valence electrons. The van der Waals surface area contributed by atoms with E-state index in [2.05, 4.69) is 20.4 Å². The molecule has 1 aromatic heterocycles. The van der Waals surface area contributed by atoms with Gasteiger partial charge in [-0.05, 0) is 36.4 Å². The average molecular weight is 408 g/mol. The van der Waals surface area contributed by atoms with Gasteiger partial charge in [-0.25, -0.2) is 4.39 Å². The first-order valence-electron chi connectivity index (χ1n) is 9.62. The van der Waals surface area contributed by atoms with E-state index in [0.29, 0.717) is 24.7 Å². The van der Waals surface area contributed by atoms with Crippen LogP contribution in [-0.2, 0) is 9.53 Å². The van der Waals surface area contributed by atoms with Crippen molar-refractivity contribution in [1.82, 2.24) is 10.2 Å². The van der Waals surface area contributed by atoms with Gasteiger partial charge < -0.3 is 19.7 Å². The molecule has 0 radical (unpaired) electrons. The standard InChI is InChI=1S/C22H21FN4O3/c23-17-2-1-3-19(14-17)30-15-22(28)24-18-6-4-16(5-7-18)20-8-9-21(26-25-20)27-10-12-29-13-11-27/h1-9,14H,10-13,15H2,(H,24,28). The Labute approximate surface area is 173 Å². The molecular weight excluding hydrogens is 387 g/mol. The van der Waals surface area contributed by atoms with Gasteiger partial charge in [0.2, 0.25) is 0 Å². The van der Waals surface area contributed by atoms with Crippen molar-refractivity contribution in [3.8, 4) is 17.0 Å². The van der Waals surface area contributed by atoms with Crippen LogP contribution in [0.3, 0.4) is 0 Å². The minimum absolute atomic E-state index is 0.209. The lowest BCUT2D eigenvalue weighted by Crippen LogP contribution is -2.36. The first-order chi connectivity index (χ1) is 14.7. The topological polar surface area (TPSA) is 76.6 Å². The third-order valence-electron chi connectivity index (χ3n) is 4.62. The highest BCUT2D eigenvalue weighted by Gasteiger charge is 2.13. The number of nitrogens with zero attached hydrogens (tertiary/aromatic N) is 3. The first kappa shape index (κ1) is 19.8. The van der Waals surface area contributed by atoms with Crippen LogP contribution < -0.4 is 15.0 Å². The summed E-state index contributed by atoms with van der Waals surface area (Å²) in [6, 6.07) is 16.8. The maximum Gasteiger partial charge on any atom is 0.262 e. The van der Waals surface area contributed by atoms with E-state index in [0.717, 1.165) is 30.2 Å². The summed E-state index contributed by atoms with van der Waals surface area (Å²) in [7, 11) is 0. The molecule has 0 spiro atoms. The lowest BCUT2D eigenvalue weighted by atomic mass is 10.1. The van der Waals surface area contributed by atoms with Crippen molar-refractivity contribution in [3.05, 3.63) is 66.5 Å². The summed E-state index contributed by atoms with van der Waals surface area (Å²) in [6.07, 6.45) is 0. The lowest BCUT2D eigenvalue weighted by Gasteiger charge is -2.27. The van der Waals surface area contributed by atoms with Crippen LogP contribution >= 0.6 is 0 Å². The fourth-order valence-corrected chi connectivity index (χ4v) is 3.07. The third kappa shape index (κ3) is 5.09. The molecule has 2 heterocycles. The number of nitrogens with one attached hydrogen (secondary N) is 1. The molecule has 30 heavy (non-hydrogen) atoms. The number of aromatic nitrogens is 2. The number of carbonyl (C=O) groups is 1. The molecule has 0 aliphatic carbocycles. The molecule has 4 rings (SSSR count). The van der Waals surface area contributed by atoms with Crippen molar-refractivity contribution in [2.75, 3.05) is 43.1 Å². The van der Waals surface area contributed by atoms with E-state index in [1.807, 2.05) is 24.3 Å². The van der Waals surface area contributed by atoms with Gasteiger partial charge in [0.1, 0.15) is 11.6 Å². The molecule has 0 unspecified atom stereocenters. The van der Waals surface area contributed by atoms with Crippen LogP contribution in [0.4, 0.5) is 15.9 Å². The van der Waals surface area contributed by atoms with E-state index in [-0.39, 0.29) is 12.5 Å². The average Bonchev–Trinajstić information content (AvgIpc) is 2.79. The second-order valence-corrected chi connectivity index (χ2v) is 6.75. The Morgan fingerprint density at radius 2 is 1.87 bits per heavy atom. The van der Waals surface area contributed by atoms with Crippen molar-refractivity contribution < 1.29 is 18.7 Å². The fraction of sp³-hybridized carbons (Fsp3) is 0.227. The zero-order chi connectivity index (χ0) is 20.8. The van der Waals surface area contributed by atoms with Crippen molar-refractivity contribution in [1.29, 1.82) is 0 Å². The molecule has 1 aliphatic heterocycles. The number of benzene rings is 2.